The number of hydrogen-bond donors (Lipinski definition) is 4. The third-order valence-electron chi connectivity index (χ3n) is 4.17. The first kappa shape index (κ1) is 21.2. The minimum atomic E-state index is -4.74. The van der Waals surface area contributed by atoms with Crippen molar-refractivity contribution in [1.82, 2.24) is 19.5 Å². The van der Waals surface area contributed by atoms with Gasteiger partial charge < -0.3 is 39.4 Å². The second kappa shape index (κ2) is 7.75. The number of rotatable bonds is 8. The lowest BCUT2D eigenvalue weighted by atomic mass is 10.3. The molecule has 0 aliphatic heterocycles. The molecule has 0 spiro atoms. The largest absolute Gasteiger partial charge is 0.508 e. The standard InChI is InChI=1S/C15H22N5O8P/c1-8(2)27-14(22)26-5-9(29(23,24)25)28-15(3-4-15)6-20-7-17-10-11(20)18-13(16)19-12(10)21/h7-9H,3-6H2,1-2H3,(H2,23,24,25)(H3,16,18,19,21). The maximum atomic E-state index is 11.8. The van der Waals surface area contributed by atoms with E-state index in [4.69, 9.17) is 19.9 Å². The van der Waals surface area contributed by atoms with E-state index >= 15 is 0 Å². The van der Waals surface area contributed by atoms with Gasteiger partial charge in [0.1, 0.15) is 6.61 Å². The van der Waals surface area contributed by atoms with E-state index in [1.54, 1.807) is 18.4 Å². The molecule has 3 rings (SSSR count). The van der Waals surface area contributed by atoms with Crippen LogP contribution in [-0.4, -0.2) is 64.7 Å². The highest BCUT2D eigenvalue weighted by atomic mass is 31.2. The van der Waals surface area contributed by atoms with Crippen LogP contribution in [0.5, 0.6) is 5.88 Å². The number of aromatic nitrogens is 4. The van der Waals surface area contributed by atoms with Crippen LogP contribution in [0.25, 0.3) is 11.2 Å². The predicted octanol–water partition coefficient (Wildman–Crippen LogP) is 0.729. The Bertz CT molecular complexity index is 954. The molecular weight excluding hydrogens is 409 g/mol. The van der Waals surface area contributed by atoms with Crippen molar-refractivity contribution in [2.45, 2.75) is 50.8 Å². The third-order valence-corrected chi connectivity index (χ3v) is 5.17. The molecule has 29 heavy (non-hydrogen) atoms. The molecule has 2 heterocycles. The van der Waals surface area contributed by atoms with Crippen LogP contribution in [0.4, 0.5) is 10.7 Å². The van der Waals surface area contributed by atoms with Crippen molar-refractivity contribution in [2.75, 3.05) is 12.3 Å². The number of nitrogen functional groups attached to an aromatic ring is 1. The molecule has 1 aliphatic carbocycles. The van der Waals surface area contributed by atoms with Crippen LogP contribution in [-0.2, 0) is 25.3 Å². The fourth-order valence-corrected chi connectivity index (χ4v) is 3.31. The third kappa shape index (κ3) is 5.12. The number of carbonyl (C=O) groups is 1. The number of ether oxygens (including phenoxy) is 3. The quantitative estimate of drug-likeness (QED) is 0.339. The number of fused-ring (bicyclic) bond motifs is 1. The molecule has 14 heteroatoms. The lowest BCUT2D eigenvalue weighted by molar-refractivity contribution is -0.0486. The average molecular weight is 431 g/mol. The summed E-state index contributed by atoms with van der Waals surface area (Å²) in [6.45, 7) is 2.70. The van der Waals surface area contributed by atoms with Crippen molar-refractivity contribution in [3.05, 3.63) is 6.33 Å². The highest BCUT2D eigenvalue weighted by Crippen LogP contribution is 2.50. The summed E-state index contributed by atoms with van der Waals surface area (Å²) in [7, 11) is -4.74. The second-order valence-corrected chi connectivity index (χ2v) is 8.78. The van der Waals surface area contributed by atoms with Gasteiger partial charge >= 0.3 is 13.8 Å². The van der Waals surface area contributed by atoms with Gasteiger partial charge in [-0.15, -0.1) is 0 Å². The minimum Gasteiger partial charge on any atom is -0.492 e. The molecule has 2 aromatic rings. The molecule has 1 atom stereocenters. The van der Waals surface area contributed by atoms with E-state index < -0.39 is 37.9 Å². The molecule has 0 bridgehead atoms. The zero-order valence-corrected chi connectivity index (χ0v) is 16.7. The minimum absolute atomic E-state index is 0.140. The van der Waals surface area contributed by atoms with E-state index in [9.17, 15) is 24.3 Å². The summed E-state index contributed by atoms with van der Waals surface area (Å²) < 4.78 is 28.6. The lowest BCUT2D eigenvalue weighted by Gasteiger charge is -2.25. The molecule has 1 fully saturated rings. The van der Waals surface area contributed by atoms with Gasteiger partial charge in [-0.2, -0.15) is 9.97 Å². The van der Waals surface area contributed by atoms with Gasteiger partial charge in [0.25, 0.3) is 0 Å². The summed E-state index contributed by atoms with van der Waals surface area (Å²) in [6, 6.07) is 0. The van der Waals surface area contributed by atoms with Gasteiger partial charge in [-0.1, -0.05) is 0 Å². The van der Waals surface area contributed by atoms with E-state index in [-0.39, 0.29) is 29.5 Å². The van der Waals surface area contributed by atoms with Crippen LogP contribution in [0.1, 0.15) is 26.7 Å². The summed E-state index contributed by atoms with van der Waals surface area (Å²) in [5.74, 6) is -2.18. The van der Waals surface area contributed by atoms with Crippen molar-refractivity contribution < 1.29 is 38.5 Å². The summed E-state index contributed by atoms with van der Waals surface area (Å²) in [4.78, 5) is 42.4. The molecule has 1 unspecified atom stereocenters. The van der Waals surface area contributed by atoms with Gasteiger partial charge in [-0.25, -0.2) is 9.78 Å². The Labute approximate surface area is 165 Å². The van der Waals surface area contributed by atoms with Crippen molar-refractivity contribution in [3.8, 4) is 5.88 Å². The Kier molecular flexibility index (Phi) is 5.68. The van der Waals surface area contributed by atoms with E-state index in [0.29, 0.717) is 12.8 Å². The molecule has 0 aromatic carbocycles. The normalized spacial score (nSPS) is 16.7. The second-order valence-electron chi connectivity index (χ2n) is 7.02. The monoisotopic (exact) mass is 431 g/mol. The Morgan fingerprint density at radius 2 is 2.07 bits per heavy atom. The molecule has 1 aliphatic rings. The van der Waals surface area contributed by atoms with Crippen molar-refractivity contribution in [1.29, 1.82) is 0 Å². The molecule has 0 saturated heterocycles. The van der Waals surface area contributed by atoms with Gasteiger partial charge in [-0.3, -0.25) is 4.57 Å². The summed E-state index contributed by atoms with van der Waals surface area (Å²) >= 11 is 0. The Balaban J connectivity index is 1.73. The Hall–Kier alpha value is -2.47. The maximum Gasteiger partial charge on any atom is 0.508 e. The summed E-state index contributed by atoms with van der Waals surface area (Å²) in [5, 5.41) is 9.81. The van der Waals surface area contributed by atoms with Crippen LogP contribution in [0.2, 0.25) is 0 Å². The van der Waals surface area contributed by atoms with E-state index in [1.807, 2.05) is 0 Å². The first-order valence-electron chi connectivity index (χ1n) is 8.73. The number of carbonyl (C=O) groups excluding carboxylic acids is 1. The van der Waals surface area contributed by atoms with Gasteiger partial charge in [-0.05, 0) is 26.7 Å². The van der Waals surface area contributed by atoms with Crippen LogP contribution in [0.3, 0.4) is 0 Å². The molecule has 0 amide bonds. The molecule has 0 radical (unpaired) electrons. The van der Waals surface area contributed by atoms with Gasteiger partial charge in [0.2, 0.25) is 11.8 Å². The fourth-order valence-electron chi connectivity index (χ4n) is 2.68. The number of hydrogen-bond acceptors (Lipinski definition) is 10. The van der Waals surface area contributed by atoms with Gasteiger partial charge in [0.05, 0.1) is 24.6 Å². The zero-order valence-electron chi connectivity index (χ0n) is 15.8. The molecule has 1 saturated carbocycles. The lowest BCUT2D eigenvalue weighted by Crippen LogP contribution is -2.32. The molecule has 160 valence electrons. The van der Waals surface area contributed by atoms with Gasteiger partial charge in [0, 0.05) is 0 Å². The predicted molar refractivity (Wildman–Crippen MR) is 97.9 cm³/mol. The number of anilines is 1. The van der Waals surface area contributed by atoms with Crippen molar-refractivity contribution in [2.24, 2.45) is 0 Å². The van der Waals surface area contributed by atoms with Crippen LogP contribution < -0.4 is 5.73 Å². The van der Waals surface area contributed by atoms with Crippen molar-refractivity contribution >= 4 is 30.9 Å². The Morgan fingerprint density at radius 3 is 2.66 bits per heavy atom. The fraction of sp³-hybridized carbons (Fsp3) is 0.600. The van der Waals surface area contributed by atoms with Crippen molar-refractivity contribution in [3.63, 3.8) is 0 Å². The molecular formula is C15H22N5O8P. The summed E-state index contributed by atoms with van der Waals surface area (Å²) in [5.41, 5.74) is 5.04. The average Bonchev–Trinajstić information content (AvgIpc) is 3.22. The van der Waals surface area contributed by atoms with Crippen LogP contribution in [0, 0.1) is 0 Å². The molecule has 5 N–H and O–H groups in total. The highest BCUT2D eigenvalue weighted by Gasteiger charge is 2.50. The Morgan fingerprint density at radius 1 is 1.38 bits per heavy atom. The number of aromatic hydroxyl groups is 1. The van der Waals surface area contributed by atoms with E-state index in [2.05, 4.69) is 15.0 Å². The summed E-state index contributed by atoms with van der Waals surface area (Å²) in [6.07, 6.45) is 0.922. The maximum absolute atomic E-state index is 11.8. The first-order valence-corrected chi connectivity index (χ1v) is 10.4. The number of imidazole rings is 1. The van der Waals surface area contributed by atoms with E-state index in [1.165, 1.54) is 6.33 Å². The molecule has 2 aromatic heterocycles. The number of nitrogens with two attached hydrogens (primary N) is 1. The number of nitrogens with zero attached hydrogens (tertiary/aromatic N) is 4. The SMILES string of the molecule is CC(C)OC(=O)OCC(OC1(Cn2cnc3c(O)nc(N)nc32)CC1)P(=O)(O)O. The van der Waals surface area contributed by atoms with Crippen LogP contribution in [0.15, 0.2) is 6.33 Å². The highest BCUT2D eigenvalue weighted by molar-refractivity contribution is 7.52. The first-order chi connectivity index (χ1) is 13.5. The molecule has 13 nitrogen and oxygen atoms in total. The zero-order chi connectivity index (χ0) is 21.4. The van der Waals surface area contributed by atoms with E-state index in [0.717, 1.165) is 0 Å². The topological polar surface area (TPSA) is 192 Å². The van der Waals surface area contributed by atoms with Crippen LogP contribution >= 0.6 is 7.60 Å². The smallest absolute Gasteiger partial charge is 0.492 e. The van der Waals surface area contributed by atoms with Gasteiger partial charge in [0.15, 0.2) is 17.0 Å².